The topological polar surface area (TPSA) is 82.1 Å². The molecule has 0 bridgehead atoms. The molecular formula is C101H199N3O4S. The Morgan fingerprint density at radius 1 is 0.367 bits per heavy atom. The van der Waals surface area contributed by atoms with E-state index < -0.39 is 10.8 Å². The third-order valence-electron chi connectivity index (χ3n) is 27.7. The monoisotopic (exact) mass is 1550 g/mol. The van der Waals surface area contributed by atoms with Crippen molar-refractivity contribution in [3.8, 4) is 0 Å². The van der Waals surface area contributed by atoms with E-state index in [4.69, 9.17) is 17.0 Å². The second-order valence-corrected chi connectivity index (χ2v) is 37.2. The van der Waals surface area contributed by atoms with E-state index in [0.29, 0.717) is 36.7 Å². The zero-order chi connectivity index (χ0) is 80.9. The van der Waals surface area contributed by atoms with Crippen molar-refractivity contribution in [1.82, 2.24) is 15.1 Å². The van der Waals surface area contributed by atoms with Crippen LogP contribution in [0.3, 0.4) is 0 Å². The maximum Gasteiger partial charge on any atom is 0.310 e. The Balaban J connectivity index is 9.72. The Labute approximate surface area is 690 Å². The van der Waals surface area contributed by atoms with Gasteiger partial charge in [-0.25, -0.2) is 0 Å². The highest BCUT2D eigenvalue weighted by atomic mass is 32.1. The second-order valence-electron chi connectivity index (χ2n) is 36.8. The number of unbranched alkanes of at least 4 members (excludes halogenated alkanes) is 43. The van der Waals surface area contributed by atoms with Crippen LogP contribution in [0.4, 0.5) is 0 Å². The molecule has 0 aromatic heterocycles. The largest absolute Gasteiger partial charge is 0.481 e. The van der Waals surface area contributed by atoms with Crippen molar-refractivity contribution < 1.29 is 19.4 Å². The number of allylic oxidation sites excluding steroid dienone is 1. The maximum absolute atomic E-state index is 17.3. The lowest BCUT2D eigenvalue weighted by Gasteiger charge is -2.74. The average Bonchev–Trinajstić information content (AvgIpc) is 0.668. The third-order valence-corrected chi connectivity index (χ3v) is 28.2. The molecule has 0 aliphatic heterocycles. The van der Waals surface area contributed by atoms with Crippen LogP contribution in [-0.2, 0) is 14.3 Å². The van der Waals surface area contributed by atoms with Gasteiger partial charge in [-0.2, -0.15) is 0 Å². The molecule has 0 fully saturated rings. The number of nitrogens with one attached hydrogen (secondary N) is 1. The highest BCUT2D eigenvalue weighted by Crippen LogP contribution is 2.77. The highest BCUT2D eigenvalue weighted by molar-refractivity contribution is 7.80. The molecule has 0 radical (unpaired) electrons. The summed E-state index contributed by atoms with van der Waals surface area (Å²) in [5.41, 5.74) is -1.70. The zero-order valence-corrected chi connectivity index (χ0v) is 78.1. The molecule has 0 aromatic carbocycles. The Bertz CT molecular complexity index is 1980. The first-order chi connectivity index (χ1) is 52.9. The van der Waals surface area contributed by atoms with Crippen molar-refractivity contribution in [3.05, 3.63) is 12.2 Å². The van der Waals surface area contributed by atoms with Gasteiger partial charge in [0, 0.05) is 27.1 Å². The van der Waals surface area contributed by atoms with Crippen LogP contribution in [0.15, 0.2) is 12.2 Å². The molecule has 8 heteroatoms. The summed E-state index contributed by atoms with van der Waals surface area (Å²) >= 11 is 5.84. The number of carbonyl (C=O) groups excluding carboxylic acids is 1. The molecule has 0 spiro atoms. The number of esters is 1. The minimum absolute atomic E-state index is 0.0390. The molecule has 0 aromatic rings. The van der Waals surface area contributed by atoms with E-state index >= 15 is 4.79 Å². The molecule has 0 amide bonds. The van der Waals surface area contributed by atoms with E-state index in [9.17, 15) is 9.90 Å². The van der Waals surface area contributed by atoms with Gasteiger partial charge in [0.15, 0.2) is 5.11 Å². The SMILES string of the molecule is CCCCCC/C=C/COC(=O)CCCCCCCN(CCCNC(=S)N(C)C)CCCC(C(C)CCCCCCCC)C(C(C)CCCCCCCC)(C(C)CCCCCCCC)C(C(C)CCCCCCCC)(C(C)CCCCCCCC)C(C(=O)O)(C(C)CCCCCCCC)C(C)CCCCCCCC. The number of rotatable bonds is 83. The summed E-state index contributed by atoms with van der Waals surface area (Å²) in [5, 5.41) is 18.6. The smallest absolute Gasteiger partial charge is 0.310 e. The van der Waals surface area contributed by atoms with Crippen molar-refractivity contribution in [2.45, 2.75) is 508 Å². The second kappa shape index (κ2) is 72.8. The van der Waals surface area contributed by atoms with Gasteiger partial charge in [0.2, 0.25) is 0 Å². The first-order valence-corrected chi connectivity index (χ1v) is 50.0. The fourth-order valence-electron chi connectivity index (χ4n) is 21.7. The molecule has 0 aliphatic rings. The van der Waals surface area contributed by atoms with Gasteiger partial charge in [-0.1, -0.05) is 456 Å². The van der Waals surface area contributed by atoms with Crippen LogP contribution in [0.2, 0.25) is 0 Å². The fourth-order valence-corrected chi connectivity index (χ4v) is 21.8. The number of aliphatic carboxylic acids is 1. The van der Waals surface area contributed by atoms with Crippen LogP contribution in [0.25, 0.3) is 0 Å². The van der Waals surface area contributed by atoms with Crippen LogP contribution < -0.4 is 5.32 Å². The van der Waals surface area contributed by atoms with Crippen molar-refractivity contribution in [3.63, 3.8) is 0 Å². The maximum atomic E-state index is 17.3. The standard InChI is InChI=1S/C101H199N3O4S/c1-18-26-34-42-50-61-71-87-108-96(105)82-69-59-51-60-70-84-104(86-73-83-102-98(109)103(16)17)85-72-81-95(88(9)74-62-52-43-35-27-19-2)99(89(10)75-63-53-44-36-28-20-3,90(11)76-64-54-45-37-29-21-4)101(93(14)79-67-57-48-40-32-24-7,94(15)80-68-58-49-41-33-25-8)100(97(106)107,91(12)77-65-55-46-38-30-22-5)92(13)78-66-56-47-39-31-23-6/h61,71,88-95H,18-60,62-70,72-87H2,1-17H3,(H,102,109)(H,106,107)/b71-61+. The van der Waals surface area contributed by atoms with Gasteiger partial charge >= 0.3 is 11.9 Å². The van der Waals surface area contributed by atoms with E-state index in [1.807, 2.05) is 11.0 Å². The Morgan fingerprint density at radius 3 is 1.06 bits per heavy atom. The number of hydrogen-bond acceptors (Lipinski definition) is 5. The molecule has 0 heterocycles. The van der Waals surface area contributed by atoms with Crippen molar-refractivity contribution >= 4 is 29.3 Å². The highest BCUT2D eigenvalue weighted by Gasteiger charge is 2.75. The number of hydrogen-bond donors (Lipinski definition) is 2. The predicted molar refractivity (Wildman–Crippen MR) is 490 cm³/mol. The van der Waals surface area contributed by atoms with Gasteiger partial charge in [-0.15, -0.1) is 0 Å². The van der Waals surface area contributed by atoms with Crippen molar-refractivity contribution in [2.75, 3.05) is 46.9 Å². The molecule has 0 saturated heterocycles. The van der Waals surface area contributed by atoms with E-state index in [-0.39, 0.29) is 41.0 Å². The summed E-state index contributed by atoms with van der Waals surface area (Å²) in [5.74, 6) is 1.65. The Morgan fingerprint density at radius 2 is 0.679 bits per heavy atom. The molecule has 0 saturated carbocycles. The minimum atomic E-state index is -0.941. The van der Waals surface area contributed by atoms with Gasteiger partial charge in [0.25, 0.3) is 0 Å². The van der Waals surface area contributed by atoms with Gasteiger partial charge < -0.3 is 25.0 Å². The zero-order valence-electron chi connectivity index (χ0n) is 77.3. The number of thiocarbonyl (C=S) groups is 1. The number of nitrogens with zero attached hydrogens (tertiary/aromatic N) is 2. The summed E-state index contributed by atoms with van der Waals surface area (Å²) in [4.78, 5) is 35.1. The van der Waals surface area contributed by atoms with E-state index in [1.54, 1.807) is 0 Å². The first kappa shape index (κ1) is 107. The molecule has 8 atom stereocenters. The molecule has 7 nitrogen and oxygen atoms in total. The minimum Gasteiger partial charge on any atom is -0.481 e. The van der Waals surface area contributed by atoms with Crippen LogP contribution in [-0.4, -0.2) is 78.8 Å². The first-order valence-electron chi connectivity index (χ1n) is 49.6. The molecule has 0 aliphatic carbocycles. The van der Waals surface area contributed by atoms with Crippen molar-refractivity contribution in [1.29, 1.82) is 0 Å². The molecule has 0 rings (SSSR count). The summed E-state index contributed by atoms with van der Waals surface area (Å²) < 4.78 is 5.65. The van der Waals surface area contributed by atoms with Gasteiger partial charge in [-0.3, -0.25) is 9.59 Å². The summed E-state index contributed by atoms with van der Waals surface area (Å²) in [7, 11) is 4.11. The van der Waals surface area contributed by atoms with Gasteiger partial charge in [0.05, 0.1) is 5.41 Å². The molecular weight excluding hydrogens is 1350 g/mol. The van der Waals surface area contributed by atoms with Crippen LogP contribution >= 0.6 is 12.2 Å². The van der Waals surface area contributed by atoms with E-state index in [0.717, 1.165) is 115 Å². The molecule has 648 valence electrons. The molecule has 2 N–H and O–H groups in total. The van der Waals surface area contributed by atoms with Gasteiger partial charge in [0.1, 0.15) is 6.61 Å². The quantitative estimate of drug-likeness (QED) is 0.0270. The summed E-state index contributed by atoms with van der Waals surface area (Å²) in [6.45, 7) is 42.6. The molecule has 8 unspecified atom stereocenters. The normalized spacial score (nSPS) is 16.0. The van der Waals surface area contributed by atoms with Crippen LogP contribution in [0.1, 0.15) is 508 Å². The van der Waals surface area contributed by atoms with Gasteiger partial charge in [-0.05, 0) is 148 Å². The van der Waals surface area contributed by atoms with Crippen molar-refractivity contribution in [2.24, 2.45) is 63.6 Å². The number of carboxylic acid groups (broad SMARTS) is 1. The van der Waals surface area contributed by atoms with Crippen LogP contribution in [0, 0.1) is 63.6 Å². The average molecular weight is 1550 g/mol. The van der Waals surface area contributed by atoms with Crippen LogP contribution in [0.5, 0.6) is 0 Å². The number of ether oxygens (including phenoxy) is 1. The lowest BCUT2D eigenvalue weighted by atomic mass is 9.29. The lowest BCUT2D eigenvalue weighted by Crippen LogP contribution is -2.73. The lowest BCUT2D eigenvalue weighted by molar-refractivity contribution is -0.278. The molecule has 109 heavy (non-hydrogen) atoms. The predicted octanol–water partition coefficient (Wildman–Crippen LogP) is 32.7. The van der Waals surface area contributed by atoms with E-state index in [1.165, 1.54) is 315 Å². The fraction of sp³-hybridized carbons (Fsp3) is 0.950. The Kier molecular flexibility index (Phi) is 71.6. The number of carboxylic acids is 1. The van der Waals surface area contributed by atoms with E-state index in [2.05, 4.69) is 134 Å². The number of carbonyl (C=O) groups is 2. The third kappa shape index (κ3) is 44.5. The summed E-state index contributed by atoms with van der Waals surface area (Å²) in [6, 6.07) is 0. The Hall–Kier alpha value is -1.67. The summed E-state index contributed by atoms with van der Waals surface area (Å²) in [6.07, 6.45) is 81.2.